The van der Waals surface area contributed by atoms with Crippen LogP contribution in [-0.4, -0.2) is 36.6 Å². The van der Waals surface area contributed by atoms with Crippen LogP contribution in [0.1, 0.15) is 27.7 Å². The van der Waals surface area contributed by atoms with Gasteiger partial charge in [-0.3, -0.25) is 4.99 Å². The lowest BCUT2D eigenvalue weighted by Gasteiger charge is -2.23. The minimum atomic E-state index is 0. The fraction of sp³-hybridized carbons (Fsp3) is 0.900. The van der Waals surface area contributed by atoms with Crippen molar-refractivity contribution in [1.29, 1.82) is 0 Å². The van der Waals surface area contributed by atoms with Gasteiger partial charge in [-0.1, -0.05) is 0 Å². The van der Waals surface area contributed by atoms with Gasteiger partial charge in [0.15, 0.2) is 5.96 Å². The molecule has 0 bridgehead atoms. The zero-order valence-electron chi connectivity index (χ0n) is 10.4. The van der Waals surface area contributed by atoms with E-state index < -0.39 is 0 Å². The first-order valence-electron chi connectivity index (χ1n) is 5.05. The maximum Gasteiger partial charge on any atom is 0.191 e. The highest BCUT2D eigenvalue weighted by Crippen LogP contribution is 1.98. The van der Waals surface area contributed by atoms with Gasteiger partial charge in [0.1, 0.15) is 0 Å². The maximum atomic E-state index is 4.46. The molecule has 0 aliphatic carbocycles. The summed E-state index contributed by atoms with van der Waals surface area (Å²) in [6.07, 6.45) is 2.10. The zero-order chi connectivity index (χ0) is 11.0. The van der Waals surface area contributed by atoms with Gasteiger partial charge in [-0.25, -0.2) is 0 Å². The molecule has 0 saturated heterocycles. The second-order valence-electron chi connectivity index (χ2n) is 4.13. The van der Waals surface area contributed by atoms with E-state index in [1.807, 2.05) is 11.8 Å². The first kappa shape index (κ1) is 17.7. The van der Waals surface area contributed by atoms with Gasteiger partial charge in [-0.05, 0) is 34.0 Å². The first-order chi connectivity index (χ1) is 6.49. The smallest absolute Gasteiger partial charge is 0.191 e. The molecule has 2 N–H and O–H groups in total. The maximum absolute atomic E-state index is 4.46. The molecule has 15 heavy (non-hydrogen) atoms. The van der Waals surface area contributed by atoms with Crippen molar-refractivity contribution in [2.75, 3.05) is 25.1 Å². The summed E-state index contributed by atoms with van der Waals surface area (Å²) in [5.74, 6) is 1.98. The van der Waals surface area contributed by atoms with Gasteiger partial charge >= 0.3 is 0 Å². The molecule has 0 aromatic heterocycles. The second kappa shape index (κ2) is 9.57. The molecule has 0 radical (unpaired) electrons. The molecule has 5 heteroatoms. The van der Waals surface area contributed by atoms with Crippen LogP contribution >= 0.6 is 35.7 Å². The monoisotopic (exact) mass is 345 g/mol. The van der Waals surface area contributed by atoms with Crippen LogP contribution in [0, 0.1) is 0 Å². The van der Waals surface area contributed by atoms with Gasteiger partial charge in [0.05, 0.1) is 6.54 Å². The second-order valence-corrected chi connectivity index (χ2v) is 5.11. The van der Waals surface area contributed by atoms with Crippen LogP contribution in [0.25, 0.3) is 0 Å². The van der Waals surface area contributed by atoms with E-state index in [4.69, 9.17) is 0 Å². The molecule has 0 rings (SSSR count). The molecule has 0 aliphatic heterocycles. The molecule has 0 fully saturated rings. The highest BCUT2D eigenvalue weighted by atomic mass is 127. The molecule has 0 aromatic carbocycles. The Kier molecular flexibility index (Phi) is 11.3. The van der Waals surface area contributed by atoms with Gasteiger partial charge in [0.25, 0.3) is 0 Å². The van der Waals surface area contributed by atoms with Crippen molar-refractivity contribution < 1.29 is 0 Å². The van der Waals surface area contributed by atoms with Gasteiger partial charge in [0.2, 0.25) is 0 Å². The molecule has 0 aliphatic rings. The van der Waals surface area contributed by atoms with E-state index in [1.165, 1.54) is 0 Å². The van der Waals surface area contributed by atoms with Crippen molar-refractivity contribution in [3.05, 3.63) is 0 Å². The molecule has 92 valence electrons. The third-order valence-electron chi connectivity index (χ3n) is 1.40. The molecule has 0 unspecified atom stereocenters. The highest BCUT2D eigenvalue weighted by molar-refractivity contribution is 14.0. The van der Waals surface area contributed by atoms with Gasteiger partial charge < -0.3 is 10.6 Å². The average molecular weight is 345 g/mol. The number of rotatable bonds is 4. The Hall–Kier alpha value is 0.350. The van der Waals surface area contributed by atoms with Crippen molar-refractivity contribution >= 4 is 41.7 Å². The van der Waals surface area contributed by atoms with Crippen molar-refractivity contribution in [1.82, 2.24) is 10.6 Å². The summed E-state index contributed by atoms with van der Waals surface area (Å²) >= 11 is 1.82. The Morgan fingerprint density at radius 1 is 1.33 bits per heavy atom. The van der Waals surface area contributed by atoms with Crippen LogP contribution in [-0.2, 0) is 0 Å². The molecule has 0 atom stereocenters. The van der Waals surface area contributed by atoms with Crippen molar-refractivity contribution in [2.45, 2.75) is 33.2 Å². The minimum Gasteiger partial charge on any atom is -0.357 e. The predicted octanol–water partition coefficient (Wildman–Crippen LogP) is 2.32. The quantitative estimate of drug-likeness (QED) is 0.355. The number of aliphatic imine (C=N–C) groups is 1. The molecule has 0 saturated carbocycles. The van der Waals surface area contributed by atoms with Crippen molar-refractivity contribution in [2.24, 2.45) is 4.99 Å². The van der Waals surface area contributed by atoms with Crippen LogP contribution in [0.3, 0.4) is 0 Å². The molecule has 0 aromatic rings. The van der Waals surface area contributed by atoms with E-state index in [9.17, 15) is 0 Å². The molecular weight excluding hydrogens is 321 g/mol. The van der Waals surface area contributed by atoms with Crippen LogP contribution in [0.5, 0.6) is 0 Å². The van der Waals surface area contributed by atoms with Crippen LogP contribution in [0.2, 0.25) is 0 Å². The fourth-order valence-corrected chi connectivity index (χ4v) is 1.18. The zero-order valence-corrected chi connectivity index (χ0v) is 13.5. The third kappa shape index (κ3) is 12.3. The highest BCUT2D eigenvalue weighted by Gasteiger charge is 2.10. The topological polar surface area (TPSA) is 36.4 Å². The molecule has 0 heterocycles. The third-order valence-corrected chi connectivity index (χ3v) is 1.99. The summed E-state index contributed by atoms with van der Waals surface area (Å²) in [7, 11) is 0. The largest absolute Gasteiger partial charge is 0.357 e. The molecule has 3 nitrogen and oxygen atoms in total. The van der Waals surface area contributed by atoms with Crippen molar-refractivity contribution in [3.63, 3.8) is 0 Å². The van der Waals surface area contributed by atoms with E-state index in [2.05, 4.69) is 49.6 Å². The van der Waals surface area contributed by atoms with E-state index in [0.29, 0.717) is 0 Å². The standard InChI is InChI=1S/C10H23N3S.HI/c1-6-11-9(12-7-8-14-5)13-10(2,3)4;/h6-8H2,1-5H3,(H2,11,12,13);1H. The molecule has 0 amide bonds. The number of halogens is 1. The van der Waals surface area contributed by atoms with E-state index in [-0.39, 0.29) is 29.5 Å². The Morgan fingerprint density at radius 3 is 2.33 bits per heavy atom. The summed E-state index contributed by atoms with van der Waals surface area (Å²) in [6, 6.07) is 0. The first-order valence-corrected chi connectivity index (χ1v) is 6.44. The Balaban J connectivity index is 0. The van der Waals surface area contributed by atoms with E-state index >= 15 is 0 Å². The van der Waals surface area contributed by atoms with Crippen LogP contribution in [0.15, 0.2) is 4.99 Å². The van der Waals surface area contributed by atoms with Crippen LogP contribution in [0.4, 0.5) is 0 Å². The lowest BCUT2D eigenvalue weighted by molar-refractivity contribution is 0.502. The lowest BCUT2D eigenvalue weighted by atomic mass is 10.1. The average Bonchev–Trinajstić information content (AvgIpc) is 2.02. The predicted molar refractivity (Wildman–Crippen MR) is 82.7 cm³/mol. The summed E-state index contributed by atoms with van der Waals surface area (Å²) in [4.78, 5) is 4.46. The van der Waals surface area contributed by atoms with Gasteiger partial charge in [-0.15, -0.1) is 24.0 Å². The number of thioether (sulfide) groups is 1. The number of guanidine groups is 1. The molecular formula is C10H24IN3S. The Bertz CT molecular complexity index is 178. The fourth-order valence-electron chi connectivity index (χ4n) is 0.911. The van der Waals surface area contributed by atoms with Crippen LogP contribution < -0.4 is 10.6 Å². The minimum absolute atomic E-state index is 0. The number of hydrogen-bond acceptors (Lipinski definition) is 2. The van der Waals surface area contributed by atoms with Gasteiger partial charge in [-0.2, -0.15) is 11.8 Å². The number of hydrogen-bond donors (Lipinski definition) is 2. The number of nitrogens with zero attached hydrogens (tertiary/aromatic N) is 1. The molecule has 0 spiro atoms. The van der Waals surface area contributed by atoms with E-state index in [0.717, 1.165) is 24.8 Å². The van der Waals surface area contributed by atoms with Gasteiger partial charge in [0, 0.05) is 17.8 Å². The Morgan fingerprint density at radius 2 is 1.93 bits per heavy atom. The summed E-state index contributed by atoms with van der Waals surface area (Å²) in [5, 5.41) is 6.57. The SMILES string of the molecule is CCNC(=NCCSC)NC(C)(C)C.I. The summed E-state index contributed by atoms with van der Waals surface area (Å²) in [5.41, 5.74) is 0.0698. The summed E-state index contributed by atoms with van der Waals surface area (Å²) in [6.45, 7) is 10.2. The summed E-state index contributed by atoms with van der Waals surface area (Å²) < 4.78 is 0. The number of nitrogens with one attached hydrogen (secondary N) is 2. The van der Waals surface area contributed by atoms with Crippen molar-refractivity contribution in [3.8, 4) is 0 Å². The normalized spacial score (nSPS) is 11.9. The Labute approximate surface area is 115 Å². The lowest BCUT2D eigenvalue weighted by Crippen LogP contribution is -2.47. The van der Waals surface area contributed by atoms with E-state index in [1.54, 1.807) is 0 Å².